The summed E-state index contributed by atoms with van der Waals surface area (Å²) >= 11 is 0. The van der Waals surface area contributed by atoms with E-state index in [1.807, 2.05) is 6.08 Å². The zero-order chi connectivity index (χ0) is 65.2. The van der Waals surface area contributed by atoms with Gasteiger partial charge in [-0.3, -0.25) is 4.79 Å². The predicted octanol–water partition coefficient (Wildman–Crippen LogP) is 16.2. The molecule has 0 spiro atoms. The van der Waals surface area contributed by atoms with Crippen LogP contribution in [0.5, 0.6) is 0 Å². The Kier molecular flexibility index (Phi) is 56.6. The van der Waals surface area contributed by atoms with E-state index in [2.05, 4.69) is 55.6 Å². The summed E-state index contributed by atoms with van der Waals surface area (Å²) in [6.45, 7) is 2.82. The van der Waals surface area contributed by atoms with Crippen LogP contribution in [0.3, 0.4) is 0 Å². The van der Waals surface area contributed by atoms with Crippen LogP contribution in [0.1, 0.15) is 335 Å². The largest absolute Gasteiger partial charge is 0.394 e. The first-order valence-corrected chi connectivity index (χ1v) is 37.9. The zero-order valence-electron chi connectivity index (χ0n) is 57.6. The number of carbonyl (C=O) groups excluding carboxylic acids is 1. The third-order valence-corrected chi connectivity index (χ3v) is 18.5. The zero-order valence-corrected chi connectivity index (χ0v) is 57.6. The summed E-state index contributed by atoms with van der Waals surface area (Å²) in [5.41, 5.74) is 0. The highest BCUT2D eigenvalue weighted by atomic mass is 16.7. The molecule has 0 aromatic carbocycles. The van der Waals surface area contributed by atoms with Crippen LogP contribution in [0, 0.1) is 0 Å². The van der Waals surface area contributed by atoms with Crippen LogP contribution >= 0.6 is 0 Å². The molecule has 2 aliphatic heterocycles. The topological polar surface area (TPSA) is 228 Å². The molecule has 2 fully saturated rings. The van der Waals surface area contributed by atoms with Crippen LogP contribution in [0.15, 0.2) is 48.6 Å². The van der Waals surface area contributed by atoms with Gasteiger partial charge >= 0.3 is 0 Å². The van der Waals surface area contributed by atoms with Gasteiger partial charge < -0.3 is 65.1 Å². The number of ether oxygens (including phenoxy) is 4. The molecule has 12 unspecified atom stereocenters. The highest BCUT2D eigenvalue weighted by Crippen LogP contribution is 2.30. The minimum absolute atomic E-state index is 0.248. The molecule has 0 saturated carbocycles. The van der Waals surface area contributed by atoms with Gasteiger partial charge in [0.2, 0.25) is 5.91 Å². The molecule has 0 aromatic heterocycles. The quantitative estimate of drug-likeness (QED) is 0.0204. The van der Waals surface area contributed by atoms with Crippen molar-refractivity contribution in [2.45, 2.75) is 408 Å². The Labute approximate surface area is 550 Å². The monoisotopic (exact) mass is 1280 g/mol. The standard InChI is InChI=1S/C76H141NO13/c1-3-5-7-9-11-13-15-17-19-21-23-25-27-28-29-30-31-32-33-34-35-36-38-39-41-43-45-47-49-51-53-55-57-59-65(80)64(63-87-75-73(86)71(84)74(67(62-79)89-75)90-76-72(85)70(83)69(82)66(61-78)88-76)77-68(81)60-58-56-54-52-50-48-46-44-42-40-37-26-24-22-20-18-16-14-12-10-8-6-4-2/h16,18,22,24,49,51,57,59,64-67,69-76,78-80,82-86H,3-15,17,19-21,23,25-48,50,52-56,58,60-63H2,1-2H3,(H,77,81)/b18-16-,24-22-,51-49+,59-57+. The second-order valence-electron chi connectivity index (χ2n) is 26.8. The molecule has 528 valence electrons. The summed E-state index contributed by atoms with van der Waals surface area (Å²) in [4.78, 5) is 13.3. The predicted molar refractivity (Wildman–Crippen MR) is 369 cm³/mol. The van der Waals surface area contributed by atoms with Gasteiger partial charge in [-0.25, -0.2) is 0 Å². The Morgan fingerprint density at radius 2 is 0.744 bits per heavy atom. The normalized spacial score (nSPS) is 23.1. The lowest BCUT2D eigenvalue weighted by Gasteiger charge is -2.46. The van der Waals surface area contributed by atoms with Gasteiger partial charge in [-0.05, 0) is 64.2 Å². The summed E-state index contributed by atoms with van der Waals surface area (Å²) in [6.07, 6.45) is 63.3. The maximum atomic E-state index is 13.3. The van der Waals surface area contributed by atoms with E-state index in [0.717, 1.165) is 38.5 Å². The molecule has 0 aliphatic carbocycles. The van der Waals surface area contributed by atoms with Crippen molar-refractivity contribution in [3.63, 3.8) is 0 Å². The summed E-state index contributed by atoms with van der Waals surface area (Å²) in [7, 11) is 0. The van der Waals surface area contributed by atoms with Crippen molar-refractivity contribution in [2.75, 3.05) is 19.8 Å². The van der Waals surface area contributed by atoms with E-state index in [1.54, 1.807) is 6.08 Å². The fourth-order valence-corrected chi connectivity index (χ4v) is 12.5. The van der Waals surface area contributed by atoms with Crippen molar-refractivity contribution in [3.8, 4) is 0 Å². The maximum absolute atomic E-state index is 13.3. The minimum Gasteiger partial charge on any atom is -0.394 e. The highest BCUT2D eigenvalue weighted by molar-refractivity contribution is 5.76. The lowest BCUT2D eigenvalue weighted by atomic mass is 9.97. The molecule has 2 rings (SSSR count). The van der Waals surface area contributed by atoms with Crippen LogP contribution in [-0.4, -0.2) is 140 Å². The van der Waals surface area contributed by atoms with Crippen LogP contribution < -0.4 is 5.32 Å². The number of unbranched alkanes of at least 4 members (excludes halogenated alkanes) is 44. The molecule has 2 saturated heterocycles. The molecular formula is C76H141NO13. The van der Waals surface area contributed by atoms with E-state index >= 15 is 0 Å². The van der Waals surface area contributed by atoms with Crippen LogP contribution in [-0.2, 0) is 23.7 Å². The fraction of sp³-hybridized carbons (Fsp3) is 0.882. The summed E-state index contributed by atoms with van der Waals surface area (Å²) < 4.78 is 22.9. The van der Waals surface area contributed by atoms with E-state index in [4.69, 9.17) is 18.9 Å². The number of amides is 1. The molecule has 2 heterocycles. The van der Waals surface area contributed by atoms with Gasteiger partial charge in [-0.1, -0.05) is 313 Å². The Bertz CT molecular complexity index is 1690. The molecule has 0 radical (unpaired) electrons. The third-order valence-electron chi connectivity index (χ3n) is 18.5. The lowest BCUT2D eigenvalue weighted by molar-refractivity contribution is -0.359. The Morgan fingerprint density at radius 1 is 0.400 bits per heavy atom. The maximum Gasteiger partial charge on any atom is 0.220 e. The van der Waals surface area contributed by atoms with Gasteiger partial charge in [-0.15, -0.1) is 0 Å². The number of allylic oxidation sites excluding steroid dienone is 7. The number of hydrogen-bond acceptors (Lipinski definition) is 13. The lowest BCUT2D eigenvalue weighted by Crippen LogP contribution is -2.65. The smallest absolute Gasteiger partial charge is 0.220 e. The van der Waals surface area contributed by atoms with Crippen molar-refractivity contribution in [1.29, 1.82) is 0 Å². The Morgan fingerprint density at radius 3 is 1.16 bits per heavy atom. The van der Waals surface area contributed by atoms with Crippen LogP contribution in [0.25, 0.3) is 0 Å². The number of hydrogen-bond donors (Lipinski definition) is 9. The third kappa shape index (κ3) is 43.8. The first-order chi connectivity index (χ1) is 44.1. The van der Waals surface area contributed by atoms with E-state index in [-0.39, 0.29) is 18.9 Å². The second-order valence-corrected chi connectivity index (χ2v) is 26.8. The van der Waals surface area contributed by atoms with Gasteiger partial charge in [-0.2, -0.15) is 0 Å². The summed E-state index contributed by atoms with van der Waals surface area (Å²) in [5, 5.41) is 87.5. The molecule has 0 bridgehead atoms. The van der Waals surface area contributed by atoms with Gasteiger partial charge in [0.15, 0.2) is 12.6 Å². The number of rotatable bonds is 63. The minimum atomic E-state index is -1.79. The average Bonchev–Trinajstić information content (AvgIpc) is 1.28. The van der Waals surface area contributed by atoms with Crippen molar-refractivity contribution in [2.24, 2.45) is 0 Å². The van der Waals surface area contributed by atoms with Crippen LogP contribution in [0.4, 0.5) is 0 Å². The van der Waals surface area contributed by atoms with E-state index in [9.17, 15) is 45.6 Å². The van der Waals surface area contributed by atoms with Crippen molar-refractivity contribution >= 4 is 5.91 Å². The molecule has 2 aliphatic rings. The molecule has 1 amide bonds. The number of aliphatic hydroxyl groups is 8. The van der Waals surface area contributed by atoms with Crippen molar-refractivity contribution in [3.05, 3.63) is 48.6 Å². The SMILES string of the molecule is CCCCCCC/C=C\C/C=C\CCCCCCCCCCCCCC(=O)NC(COC1OC(CO)C(OC2OC(CO)C(O)C(O)C2O)C(O)C1O)C(O)/C=C/CC/C=C/CCCCCCCCCCCCCCCCCCCCCCCCCCCCC. The number of carbonyl (C=O) groups is 1. The molecule has 14 heteroatoms. The summed E-state index contributed by atoms with van der Waals surface area (Å²) in [5.74, 6) is -0.248. The average molecular weight is 1280 g/mol. The fourth-order valence-electron chi connectivity index (χ4n) is 12.5. The summed E-state index contributed by atoms with van der Waals surface area (Å²) in [6, 6.07) is -0.936. The van der Waals surface area contributed by atoms with Crippen molar-refractivity contribution < 1.29 is 64.6 Å². The highest BCUT2D eigenvalue weighted by Gasteiger charge is 2.51. The number of nitrogens with one attached hydrogen (secondary N) is 1. The molecule has 14 nitrogen and oxygen atoms in total. The van der Waals surface area contributed by atoms with Crippen molar-refractivity contribution in [1.82, 2.24) is 5.32 Å². The van der Waals surface area contributed by atoms with E-state index in [1.165, 1.54) is 263 Å². The van der Waals surface area contributed by atoms with Crippen LogP contribution in [0.2, 0.25) is 0 Å². The Balaban J connectivity index is 1.65. The second kappa shape index (κ2) is 60.6. The van der Waals surface area contributed by atoms with Gasteiger partial charge in [0.1, 0.15) is 48.8 Å². The Hall–Kier alpha value is -2.05. The molecular weight excluding hydrogens is 1130 g/mol. The van der Waals surface area contributed by atoms with Gasteiger partial charge in [0.05, 0.1) is 32.0 Å². The van der Waals surface area contributed by atoms with E-state index in [0.29, 0.717) is 12.8 Å². The van der Waals surface area contributed by atoms with E-state index < -0.39 is 86.8 Å². The molecule has 9 N–H and O–H groups in total. The molecule has 0 aromatic rings. The molecule has 90 heavy (non-hydrogen) atoms. The number of aliphatic hydroxyl groups excluding tert-OH is 8. The van der Waals surface area contributed by atoms with Gasteiger partial charge in [0.25, 0.3) is 0 Å². The molecule has 12 atom stereocenters. The first kappa shape index (κ1) is 84.0. The first-order valence-electron chi connectivity index (χ1n) is 37.9. The van der Waals surface area contributed by atoms with Gasteiger partial charge in [0, 0.05) is 6.42 Å².